The number of rotatable bonds is 4. The van der Waals surface area contributed by atoms with Gasteiger partial charge in [-0.05, 0) is 112 Å². The lowest BCUT2D eigenvalue weighted by Gasteiger charge is -2.32. The summed E-state index contributed by atoms with van der Waals surface area (Å²) in [4.78, 5) is 2.50. The standard InChI is InChI=1S/C53H37N/c1-34-39-18-4-5-20-41(39)46-25-11-13-28-50(46)53(34)36-16-14-17-37(31-36)54(52-32-35-15-2-3-19-40(35)42-21-10-12-27-49(42)52)38-29-30-48-45-24-7-6-22-43(45)44-23-8-9-26-47(44)51(48)33-38/h2-34,39H,1H3. The molecule has 9 aromatic rings. The third-order valence-electron chi connectivity index (χ3n) is 12.0. The molecule has 0 bridgehead atoms. The molecule has 0 saturated heterocycles. The monoisotopic (exact) mass is 687 g/mol. The normalized spacial score (nSPS) is 16.4. The molecule has 0 heterocycles. The van der Waals surface area contributed by atoms with Crippen LogP contribution in [-0.4, -0.2) is 0 Å². The van der Waals surface area contributed by atoms with Crippen LogP contribution in [0.2, 0.25) is 0 Å². The molecule has 2 aliphatic carbocycles. The van der Waals surface area contributed by atoms with E-state index < -0.39 is 0 Å². The molecule has 0 N–H and O–H groups in total. The van der Waals surface area contributed by atoms with E-state index in [1.165, 1.54) is 86.7 Å². The first-order chi connectivity index (χ1) is 26.7. The molecule has 2 aliphatic rings. The predicted molar refractivity (Wildman–Crippen MR) is 231 cm³/mol. The van der Waals surface area contributed by atoms with Crippen LogP contribution in [-0.2, 0) is 0 Å². The van der Waals surface area contributed by atoms with E-state index in [1.807, 2.05) is 0 Å². The van der Waals surface area contributed by atoms with Crippen molar-refractivity contribution in [3.05, 3.63) is 210 Å². The molecular formula is C53H37N. The Labute approximate surface area is 314 Å². The molecule has 0 saturated carbocycles. The highest BCUT2D eigenvalue weighted by Crippen LogP contribution is 2.45. The smallest absolute Gasteiger partial charge is 0.0546 e. The van der Waals surface area contributed by atoms with Crippen LogP contribution in [0.3, 0.4) is 0 Å². The lowest BCUT2D eigenvalue weighted by Crippen LogP contribution is -2.39. The van der Waals surface area contributed by atoms with E-state index in [4.69, 9.17) is 0 Å². The summed E-state index contributed by atoms with van der Waals surface area (Å²) in [5.74, 6) is 0.661. The SMILES string of the molecule is CC1C(c2cccc(N(c3ccc4c5ccccc5c5ccccc5c4c3)c3cc4ccccc4c4ccccc34)c2)=c2ccccc2=C2C=CC=CC21. The van der Waals surface area contributed by atoms with Crippen LogP contribution in [0.15, 0.2) is 194 Å². The summed E-state index contributed by atoms with van der Waals surface area (Å²) in [6.45, 7) is 2.40. The molecule has 11 rings (SSSR count). The summed E-state index contributed by atoms with van der Waals surface area (Å²) >= 11 is 0. The van der Waals surface area contributed by atoms with Crippen LogP contribution in [0, 0.1) is 11.8 Å². The van der Waals surface area contributed by atoms with Crippen LogP contribution in [0.25, 0.3) is 65.0 Å². The fourth-order valence-corrected chi connectivity index (χ4v) is 9.57. The second-order valence-electron chi connectivity index (χ2n) is 14.8. The molecule has 9 aromatic carbocycles. The van der Waals surface area contributed by atoms with Crippen molar-refractivity contribution in [2.45, 2.75) is 6.92 Å². The zero-order valence-electron chi connectivity index (χ0n) is 30.1. The van der Waals surface area contributed by atoms with E-state index >= 15 is 0 Å². The number of hydrogen-bond donors (Lipinski definition) is 0. The molecule has 1 heteroatoms. The average molecular weight is 688 g/mol. The molecule has 0 aliphatic heterocycles. The minimum Gasteiger partial charge on any atom is -0.310 e. The molecule has 0 aromatic heterocycles. The van der Waals surface area contributed by atoms with Gasteiger partial charge in [0.1, 0.15) is 0 Å². The Morgan fingerprint density at radius 3 is 1.74 bits per heavy atom. The number of nitrogens with zero attached hydrogens (tertiary/aromatic N) is 1. The van der Waals surface area contributed by atoms with Crippen molar-refractivity contribution in [1.82, 2.24) is 0 Å². The molecule has 0 spiro atoms. The van der Waals surface area contributed by atoms with Gasteiger partial charge in [-0.3, -0.25) is 0 Å². The maximum atomic E-state index is 2.50. The van der Waals surface area contributed by atoms with Crippen molar-refractivity contribution in [3.63, 3.8) is 0 Å². The first-order valence-electron chi connectivity index (χ1n) is 19.1. The number of fused-ring (bicyclic) bond motifs is 11. The van der Waals surface area contributed by atoms with Gasteiger partial charge in [0.15, 0.2) is 0 Å². The quantitative estimate of drug-likeness (QED) is 0.167. The van der Waals surface area contributed by atoms with Crippen molar-refractivity contribution in [2.24, 2.45) is 11.8 Å². The highest BCUT2D eigenvalue weighted by Gasteiger charge is 2.29. The molecule has 0 fully saturated rings. The average Bonchev–Trinajstić information content (AvgIpc) is 3.24. The molecule has 0 amide bonds. The number of benzene rings is 9. The maximum Gasteiger partial charge on any atom is 0.0546 e. The van der Waals surface area contributed by atoms with E-state index in [9.17, 15) is 0 Å². The van der Waals surface area contributed by atoms with Gasteiger partial charge in [-0.1, -0.05) is 171 Å². The zero-order valence-corrected chi connectivity index (χ0v) is 30.1. The van der Waals surface area contributed by atoms with Gasteiger partial charge in [0.05, 0.1) is 5.69 Å². The lowest BCUT2D eigenvalue weighted by atomic mass is 9.73. The summed E-state index contributed by atoms with van der Waals surface area (Å²) in [5, 5.41) is 15.3. The molecule has 2 atom stereocenters. The van der Waals surface area contributed by atoms with Gasteiger partial charge in [0.2, 0.25) is 0 Å². The van der Waals surface area contributed by atoms with Crippen molar-refractivity contribution in [2.75, 3.05) is 4.90 Å². The second-order valence-corrected chi connectivity index (χ2v) is 14.8. The summed E-state index contributed by atoms with van der Waals surface area (Å²) in [6.07, 6.45) is 9.09. The fraction of sp³-hybridized carbons (Fsp3) is 0.0566. The largest absolute Gasteiger partial charge is 0.310 e. The third kappa shape index (κ3) is 4.65. The zero-order chi connectivity index (χ0) is 35.8. The van der Waals surface area contributed by atoms with Crippen LogP contribution in [0.4, 0.5) is 17.1 Å². The minimum atomic E-state index is 0.321. The molecule has 2 unspecified atom stereocenters. The predicted octanol–water partition coefficient (Wildman–Crippen LogP) is 12.7. The lowest BCUT2D eigenvalue weighted by molar-refractivity contribution is 0.632. The Morgan fingerprint density at radius 2 is 1.00 bits per heavy atom. The van der Waals surface area contributed by atoms with E-state index in [1.54, 1.807) is 0 Å². The number of allylic oxidation sites excluding steroid dienone is 4. The second kappa shape index (κ2) is 12.2. The third-order valence-corrected chi connectivity index (χ3v) is 12.0. The molecule has 0 radical (unpaired) electrons. The first-order valence-corrected chi connectivity index (χ1v) is 19.1. The summed E-state index contributed by atoms with van der Waals surface area (Å²) in [5.41, 5.74) is 7.54. The van der Waals surface area contributed by atoms with Gasteiger partial charge in [-0.2, -0.15) is 0 Å². The van der Waals surface area contributed by atoms with Crippen LogP contribution >= 0.6 is 0 Å². The van der Waals surface area contributed by atoms with Gasteiger partial charge in [-0.15, -0.1) is 0 Å². The Kier molecular flexibility index (Phi) is 6.97. The van der Waals surface area contributed by atoms with E-state index in [2.05, 4.69) is 206 Å². The van der Waals surface area contributed by atoms with Crippen molar-refractivity contribution in [3.8, 4) is 0 Å². The molecule has 54 heavy (non-hydrogen) atoms. The van der Waals surface area contributed by atoms with Crippen LogP contribution in [0.1, 0.15) is 12.5 Å². The van der Waals surface area contributed by atoms with Gasteiger partial charge in [0.25, 0.3) is 0 Å². The number of anilines is 3. The van der Waals surface area contributed by atoms with Crippen molar-refractivity contribution >= 4 is 82.1 Å². The molecule has 254 valence electrons. The highest BCUT2D eigenvalue weighted by molar-refractivity contribution is 6.26. The van der Waals surface area contributed by atoms with Gasteiger partial charge in [-0.25, -0.2) is 0 Å². The fourth-order valence-electron chi connectivity index (χ4n) is 9.57. The van der Waals surface area contributed by atoms with Crippen LogP contribution < -0.4 is 15.3 Å². The minimum absolute atomic E-state index is 0.321. The number of hydrogen-bond acceptors (Lipinski definition) is 1. The van der Waals surface area contributed by atoms with Gasteiger partial charge >= 0.3 is 0 Å². The van der Waals surface area contributed by atoms with E-state index in [0.717, 1.165) is 11.4 Å². The van der Waals surface area contributed by atoms with Gasteiger partial charge < -0.3 is 4.90 Å². The Bertz CT molecular complexity index is 3160. The van der Waals surface area contributed by atoms with Gasteiger partial charge in [0, 0.05) is 22.7 Å². The van der Waals surface area contributed by atoms with Crippen molar-refractivity contribution < 1.29 is 0 Å². The Hall–Kier alpha value is -6.70. The summed E-state index contributed by atoms with van der Waals surface area (Å²) < 4.78 is 0. The summed E-state index contributed by atoms with van der Waals surface area (Å²) in [6, 6.07) is 63.1. The van der Waals surface area contributed by atoms with E-state index in [-0.39, 0.29) is 0 Å². The summed E-state index contributed by atoms with van der Waals surface area (Å²) in [7, 11) is 0. The Balaban J connectivity index is 1.22. The van der Waals surface area contributed by atoms with Crippen molar-refractivity contribution in [1.29, 1.82) is 0 Å². The first kappa shape index (κ1) is 30.9. The maximum absolute atomic E-state index is 2.50. The highest BCUT2D eigenvalue weighted by atomic mass is 15.1. The Morgan fingerprint density at radius 1 is 0.426 bits per heavy atom. The molecule has 1 nitrogen and oxygen atoms in total. The topological polar surface area (TPSA) is 3.24 Å². The van der Waals surface area contributed by atoms with E-state index in [0.29, 0.717) is 11.8 Å². The van der Waals surface area contributed by atoms with Crippen LogP contribution in [0.5, 0.6) is 0 Å². The molecular weight excluding hydrogens is 651 g/mol.